The number of unbranched alkanes of at least 4 members (excludes halogenated alkanes) is 4. The second kappa shape index (κ2) is 6.62. The molecule has 0 spiro atoms. The fourth-order valence-electron chi connectivity index (χ4n) is 1.53. The van der Waals surface area contributed by atoms with Crippen LogP contribution in [0.4, 0.5) is 0 Å². The van der Waals surface area contributed by atoms with Crippen LogP contribution in [0.3, 0.4) is 0 Å². The summed E-state index contributed by atoms with van der Waals surface area (Å²) in [6.45, 7) is 2.21. The minimum absolute atomic E-state index is 0.434. The number of hydrogen-bond donors (Lipinski definition) is 1. The summed E-state index contributed by atoms with van der Waals surface area (Å²) in [5.74, 6) is -0.816. The maximum atomic E-state index is 10.6. The molecule has 3 heteroatoms. The first-order valence-corrected chi connectivity index (χ1v) is 6.42. The standard InChI is InChI=1S/C12H18O2S/c1-2-3-4-5-6-7-11-8-10(9-15-11)12(13)14/h8-9H,2-7H2,1H3,(H,13,14). The molecule has 15 heavy (non-hydrogen) atoms. The summed E-state index contributed by atoms with van der Waals surface area (Å²) in [7, 11) is 0. The van der Waals surface area contributed by atoms with Gasteiger partial charge in [0, 0.05) is 10.3 Å². The first-order chi connectivity index (χ1) is 7.24. The molecule has 1 rings (SSSR count). The van der Waals surface area contributed by atoms with Crippen molar-refractivity contribution >= 4 is 17.3 Å². The fourth-order valence-corrected chi connectivity index (χ4v) is 2.43. The number of carboxylic acid groups (broad SMARTS) is 1. The molecule has 0 aliphatic rings. The van der Waals surface area contributed by atoms with E-state index in [1.54, 1.807) is 22.8 Å². The molecule has 1 aromatic heterocycles. The van der Waals surface area contributed by atoms with E-state index in [0.717, 1.165) is 6.42 Å². The zero-order valence-electron chi connectivity index (χ0n) is 9.16. The lowest BCUT2D eigenvalue weighted by Gasteiger charge is -1.97. The number of aromatic carboxylic acids is 1. The Bertz CT molecular complexity index is 304. The van der Waals surface area contributed by atoms with Gasteiger partial charge >= 0.3 is 5.97 Å². The first-order valence-electron chi connectivity index (χ1n) is 5.54. The SMILES string of the molecule is CCCCCCCc1cc(C(=O)O)cs1. The smallest absolute Gasteiger partial charge is 0.336 e. The molecule has 0 unspecified atom stereocenters. The molecule has 0 fully saturated rings. The van der Waals surface area contributed by atoms with Crippen LogP contribution < -0.4 is 0 Å². The minimum atomic E-state index is -0.816. The molecule has 1 heterocycles. The third-order valence-corrected chi connectivity index (χ3v) is 3.42. The summed E-state index contributed by atoms with van der Waals surface area (Å²) in [6.07, 6.45) is 7.34. The van der Waals surface area contributed by atoms with Crippen molar-refractivity contribution in [2.24, 2.45) is 0 Å². The van der Waals surface area contributed by atoms with E-state index in [0.29, 0.717) is 5.56 Å². The Morgan fingerprint density at radius 1 is 1.33 bits per heavy atom. The van der Waals surface area contributed by atoms with E-state index in [4.69, 9.17) is 5.11 Å². The summed E-state index contributed by atoms with van der Waals surface area (Å²) in [4.78, 5) is 11.8. The van der Waals surface area contributed by atoms with Gasteiger partial charge in [-0.05, 0) is 18.9 Å². The largest absolute Gasteiger partial charge is 0.478 e. The molecular formula is C12H18O2S. The predicted molar refractivity (Wildman–Crippen MR) is 63.7 cm³/mol. The lowest BCUT2D eigenvalue weighted by atomic mass is 10.1. The zero-order valence-corrected chi connectivity index (χ0v) is 9.98. The van der Waals surface area contributed by atoms with Crippen molar-refractivity contribution in [3.05, 3.63) is 21.9 Å². The first kappa shape index (κ1) is 12.2. The van der Waals surface area contributed by atoms with Gasteiger partial charge < -0.3 is 5.11 Å². The number of aryl methyl sites for hydroxylation is 1. The number of carbonyl (C=O) groups is 1. The van der Waals surface area contributed by atoms with E-state index in [2.05, 4.69) is 6.92 Å². The zero-order chi connectivity index (χ0) is 11.1. The summed E-state index contributed by atoms with van der Waals surface area (Å²) in [5.41, 5.74) is 0.434. The van der Waals surface area contributed by atoms with Crippen LogP contribution in [0, 0.1) is 0 Å². The van der Waals surface area contributed by atoms with E-state index < -0.39 is 5.97 Å². The van der Waals surface area contributed by atoms with E-state index >= 15 is 0 Å². The van der Waals surface area contributed by atoms with E-state index in [1.165, 1.54) is 37.0 Å². The van der Waals surface area contributed by atoms with Crippen LogP contribution in [-0.2, 0) is 6.42 Å². The van der Waals surface area contributed by atoms with Crippen molar-refractivity contribution < 1.29 is 9.90 Å². The highest BCUT2D eigenvalue weighted by Gasteiger charge is 2.05. The molecule has 0 saturated heterocycles. The lowest BCUT2D eigenvalue weighted by Crippen LogP contribution is -1.92. The van der Waals surface area contributed by atoms with Crippen LogP contribution in [0.1, 0.15) is 54.3 Å². The maximum Gasteiger partial charge on any atom is 0.336 e. The van der Waals surface area contributed by atoms with Gasteiger partial charge in [-0.3, -0.25) is 0 Å². The Labute approximate surface area is 94.9 Å². The summed E-state index contributed by atoms with van der Waals surface area (Å²) < 4.78 is 0. The van der Waals surface area contributed by atoms with Crippen molar-refractivity contribution in [3.8, 4) is 0 Å². The van der Waals surface area contributed by atoms with Gasteiger partial charge in [-0.15, -0.1) is 11.3 Å². The van der Waals surface area contributed by atoms with E-state index in [9.17, 15) is 4.79 Å². The van der Waals surface area contributed by atoms with Gasteiger partial charge in [-0.2, -0.15) is 0 Å². The van der Waals surface area contributed by atoms with E-state index in [-0.39, 0.29) is 0 Å². The average molecular weight is 226 g/mol. The molecule has 0 aromatic carbocycles. The quantitative estimate of drug-likeness (QED) is 0.714. The van der Waals surface area contributed by atoms with Crippen molar-refractivity contribution in [1.29, 1.82) is 0 Å². The highest BCUT2D eigenvalue weighted by Crippen LogP contribution is 2.17. The van der Waals surface area contributed by atoms with Crippen molar-refractivity contribution in [1.82, 2.24) is 0 Å². The molecule has 2 nitrogen and oxygen atoms in total. The Morgan fingerprint density at radius 3 is 2.67 bits per heavy atom. The molecule has 0 atom stereocenters. The van der Waals surface area contributed by atoms with E-state index in [1.807, 2.05) is 0 Å². The fraction of sp³-hybridized carbons (Fsp3) is 0.583. The normalized spacial score (nSPS) is 10.5. The van der Waals surface area contributed by atoms with Crippen LogP contribution in [-0.4, -0.2) is 11.1 Å². The highest BCUT2D eigenvalue weighted by atomic mass is 32.1. The Balaban J connectivity index is 2.23. The second-order valence-electron chi connectivity index (χ2n) is 3.77. The number of hydrogen-bond acceptors (Lipinski definition) is 2. The highest BCUT2D eigenvalue weighted by molar-refractivity contribution is 7.10. The van der Waals surface area contributed by atoms with Gasteiger partial charge in [0.15, 0.2) is 0 Å². The number of thiophene rings is 1. The molecule has 1 N–H and O–H groups in total. The molecule has 0 saturated carbocycles. The van der Waals surface area contributed by atoms with Crippen LogP contribution in [0.15, 0.2) is 11.4 Å². The Morgan fingerprint density at radius 2 is 2.07 bits per heavy atom. The number of rotatable bonds is 7. The minimum Gasteiger partial charge on any atom is -0.478 e. The van der Waals surface area contributed by atoms with Crippen LogP contribution in [0.5, 0.6) is 0 Å². The van der Waals surface area contributed by atoms with Crippen LogP contribution in [0.2, 0.25) is 0 Å². The van der Waals surface area contributed by atoms with Gasteiger partial charge in [0.2, 0.25) is 0 Å². The van der Waals surface area contributed by atoms with Crippen LogP contribution >= 0.6 is 11.3 Å². The molecule has 0 aliphatic heterocycles. The maximum absolute atomic E-state index is 10.6. The average Bonchev–Trinajstić information content (AvgIpc) is 2.66. The van der Waals surface area contributed by atoms with Crippen molar-refractivity contribution in [2.45, 2.75) is 45.4 Å². The van der Waals surface area contributed by atoms with Crippen LogP contribution in [0.25, 0.3) is 0 Å². The third kappa shape index (κ3) is 4.47. The monoisotopic (exact) mass is 226 g/mol. The van der Waals surface area contributed by atoms with Crippen molar-refractivity contribution in [2.75, 3.05) is 0 Å². The van der Waals surface area contributed by atoms with Gasteiger partial charge in [0.05, 0.1) is 5.56 Å². The molecule has 84 valence electrons. The molecule has 0 bridgehead atoms. The molecule has 0 radical (unpaired) electrons. The van der Waals surface area contributed by atoms with Gasteiger partial charge in [0.1, 0.15) is 0 Å². The van der Waals surface area contributed by atoms with Gasteiger partial charge in [0.25, 0.3) is 0 Å². The molecule has 0 aliphatic carbocycles. The Kier molecular flexibility index (Phi) is 5.40. The molecular weight excluding hydrogens is 208 g/mol. The third-order valence-electron chi connectivity index (χ3n) is 2.43. The second-order valence-corrected chi connectivity index (χ2v) is 4.77. The molecule has 1 aromatic rings. The predicted octanol–water partition coefficient (Wildman–Crippen LogP) is 3.96. The van der Waals surface area contributed by atoms with Crippen molar-refractivity contribution in [3.63, 3.8) is 0 Å². The Hall–Kier alpha value is -0.830. The molecule has 0 amide bonds. The number of carboxylic acids is 1. The summed E-state index contributed by atoms with van der Waals surface area (Å²) in [5, 5.41) is 10.5. The summed E-state index contributed by atoms with van der Waals surface area (Å²) >= 11 is 1.56. The lowest BCUT2D eigenvalue weighted by molar-refractivity contribution is 0.0697. The van der Waals surface area contributed by atoms with Gasteiger partial charge in [-0.25, -0.2) is 4.79 Å². The van der Waals surface area contributed by atoms with Gasteiger partial charge in [-0.1, -0.05) is 32.6 Å². The summed E-state index contributed by atoms with van der Waals surface area (Å²) in [6, 6.07) is 1.80. The topological polar surface area (TPSA) is 37.3 Å².